The molecular formula is C21H31ClN9O9P. The van der Waals surface area contributed by atoms with Gasteiger partial charge in [-0.1, -0.05) is 18.1 Å². The van der Waals surface area contributed by atoms with Crippen LogP contribution in [-0.4, -0.2) is 117 Å². The summed E-state index contributed by atoms with van der Waals surface area (Å²) < 4.78 is 35.8. The van der Waals surface area contributed by atoms with E-state index < -0.39 is 57.3 Å². The van der Waals surface area contributed by atoms with Gasteiger partial charge in [0.1, 0.15) is 30.7 Å². The predicted molar refractivity (Wildman–Crippen MR) is 139 cm³/mol. The lowest BCUT2D eigenvalue weighted by Gasteiger charge is -2.34. The Labute approximate surface area is 237 Å². The van der Waals surface area contributed by atoms with Gasteiger partial charge in [0.25, 0.3) is 0 Å². The van der Waals surface area contributed by atoms with Gasteiger partial charge in [-0.2, -0.15) is 20.3 Å². The van der Waals surface area contributed by atoms with Gasteiger partial charge in [0, 0.05) is 13.2 Å². The van der Waals surface area contributed by atoms with E-state index in [9.17, 15) is 24.6 Å². The highest BCUT2D eigenvalue weighted by Crippen LogP contribution is 2.52. The van der Waals surface area contributed by atoms with Crippen LogP contribution in [0.25, 0.3) is 11.0 Å². The minimum Gasteiger partial charge on any atom is -0.387 e. The topological polar surface area (TPSA) is 245 Å². The van der Waals surface area contributed by atoms with Crippen LogP contribution in [0.1, 0.15) is 37.7 Å². The van der Waals surface area contributed by atoms with Crippen LogP contribution in [0, 0.1) is 0 Å². The van der Waals surface area contributed by atoms with Crippen molar-refractivity contribution in [1.29, 1.82) is 0 Å². The third-order valence-electron chi connectivity index (χ3n) is 7.07. The van der Waals surface area contributed by atoms with Crippen LogP contribution in [0.4, 0.5) is 5.82 Å². The number of tetrazole rings is 1. The Bertz CT molecular complexity index is 1360. The summed E-state index contributed by atoms with van der Waals surface area (Å²) in [5, 5.41) is 40.6. The third-order valence-corrected chi connectivity index (χ3v) is 8.68. The number of anilines is 1. The predicted octanol–water partition coefficient (Wildman–Crippen LogP) is -0.280. The van der Waals surface area contributed by atoms with Crippen LogP contribution in [0.5, 0.6) is 0 Å². The highest BCUT2D eigenvalue weighted by atomic mass is 35.5. The Kier molecular flexibility index (Phi) is 9.15. The van der Waals surface area contributed by atoms with E-state index in [2.05, 4.69) is 41.0 Å². The van der Waals surface area contributed by atoms with Crippen LogP contribution in [0.2, 0.25) is 5.28 Å². The van der Waals surface area contributed by atoms with E-state index in [4.69, 9.17) is 30.5 Å². The fourth-order valence-corrected chi connectivity index (χ4v) is 5.88. The molecule has 1 saturated heterocycles. The Balaban J connectivity index is 1.32. The number of rotatable bonds is 13. The molecule has 3 aromatic heterocycles. The van der Waals surface area contributed by atoms with E-state index in [-0.39, 0.29) is 29.4 Å². The average Bonchev–Trinajstić information content (AvgIpc) is 3.73. The fraction of sp³-hybridized carbons (Fsp3) is 0.714. The molecule has 1 aliphatic carbocycles. The molecule has 0 aromatic carbocycles. The molecule has 5 atom stereocenters. The van der Waals surface area contributed by atoms with Crippen LogP contribution < -0.4 is 5.32 Å². The van der Waals surface area contributed by atoms with Gasteiger partial charge < -0.3 is 44.3 Å². The van der Waals surface area contributed by atoms with Crippen LogP contribution in [0.3, 0.4) is 0 Å². The van der Waals surface area contributed by atoms with E-state index in [1.807, 2.05) is 0 Å². The second-order valence-electron chi connectivity index (χ2n) is 9.89. The van der Waals surface area contributed by atoms with Crippen molar-refractivity contribution >= 4 is 36.0 Å². The molecule has 4 heterocycles. The van der Waals surface area contributed by atoms with Gasteiger partial charge in [-0.25, -0.2) is 4.68 Å². The van der Waals surface area contributed by atoms with E-state index in [1.54, 1.807) is 0 Å². The van der Waals surface area contributed by atoms with Crippen molar-refractivity contribution in [3.63, 3.8) is 0 Å². The number of aromatic nitrogens is 8. The van der Waals surface area contributed by atoms with Crippen molar-refractivity contribution in [3.8, 4) is 0 Å². The summed E-state index contributed by atoms with van der Waals surface area (Å²) >= 11 is 6.20. The molecule has 18 nitrogen and oxygen atoms in total. The number of fused-ring (bicyclic) bond motifs is 1. The summed E-state index contributed by atoms with van der Waals surface area (Å²) in [5.41, 5.74) is 0.266. The fourth-order valence-electron chi connectivity index (χ4n) is 4.91. The molecule has 5 rings (SSSR count). The van der Waals surface area contributed by atoms with Crippen molar-refractivity contribution < 1.29 is 43.5 Å². The molecule has 20 heteroatoms. The number of halogens is 1. The number of hydrogen-bond acceptors (Lipinski definition) is 14. The zero-order valence-electron chi connectivity index (χ0n) is 21.9. The first-order valence-electron chi connectivity index (χ1n) is 12.8. The Hall–Kier alpha value is -2.38. The molecule has 41 heavy (non-hydrogen) atoms. The molecule has 0 bridgehead atoms. The van der Waals surface area contributed by atoms with Gasteiger partial charge in [-0.05, 0) is 24.4 Å². The van der Waals surface area contributed by atoms with Crippen molar-refractivity contribution in [3.05, 3.63) is 17.3 Å². The van der Waals surface area contributed by atoms with Crippen molar-refractivity contribution in [2.24, 2.45) is 0 Å². The first-order chi connectivity index (χ1) is 19.6. The molecule has 0 radical (unpaired) electrons. The first-order valence-corrected chi connectivity index (χ1v) is 14.8. The van der Waals surface area contributed by atoms with Gasteiger partial charge in [-0.3, -0.25) is 4.57 Å². The number of ether oxygens (including phenoxy) is 4. The van der Waals surface area contributed by atoms with Gasteiger partial charge in [0.05, 0.1) is 31.4 Å². The Morgan fingerprint density at radius 1 is 1.24 bits per heavy atom. The smallest absolute Gasteiger partial charge is 0.361 e. The van der Waals surface area contributed by atoms with E-state index in [0.717, 1.165) is 25.7 Å². The molecule has 3 aromatic rings. The number of aliphatic hydroxyl groups excluding tert-OH is 2. The summed E-state index contributed by atoms with van der Waals surface area (Å²) in [6, 6.07) is 0.238. The van der Waals surface area contributed by atoms with E-state index >= 15 is 0 Å². The normalized spacial score (nSPS) is 25.2. The quantitative estimate of drug-likeness (QED) is 0.106. The molecule has 6 N–H and O–H groups in total. The number of nitrogens with one attached hydrogen (secondary N) is 2. The number of aliphatic hydroxyl groups is 2. The van der Waals surface area contributed by atoms with Gasteiger partial charge in [0.15, 0.2) is 17.7 Å². The molecule has 2 aliphatic rings. The Morgan fingerprint density at radius 2 is 2.02 bits per heavy atom. The third kappa shape index (κ3) is 6.36. The van der Waals surface area contributed by atoms with Gasteiger partial charge >= 0.3 is 7.60 Å². The molecule has 0 amide bonds. The van der Waals surface area contributed by atoms with Gasteiger partial charge in [-0.15, -0.1) is 10.2 Å². The second-order valence-corrected chi connectivity index (χ2v) is 12.1. The van der Waals surface area contributed by atoms with Crippen LogP contribution in [0.15, 0.2) is 6.20 Å². The maximum absolute atomic E-state index is 12.5. The molecule has 1 aliphatic heterocycles. The SMILES string of the molecule is COCC(COCc1nn[nH]n1)(OC[C@H]1O[C@@H](n2ncc3c(NC4CCCC4)nc(Cl)nc32)[C@H](O)[C@@H]1O)P(=O)(O)O. The Morgan fingerprint density at radius 3 is 2.71 bits per heavy atom. The molecule has 0 spiro atoms. The summed E-state index contributed by atoms with van der Waals surface area (Å²) in [6.45, 7) is -1.94. The zero-order chi connectivity index (χ0) is 29.2. The first kappa shape index (κ1) is 30.1. The zero-order valence-corrected chi connectivity index (χ0v) is 23.6. The molecule has 1 saturated carbocycles. The lowest BCUT2D eigenvalue weighted by Crippen LogP contribution is -2.45. The number of H-pyrrole nitrogens is 1. The summed E-state index contributed by atoms with van der Waals surface area (Å²) in [5.74, 6) is 0.650. The van der Waals surface area contributed by atoms with E-state index in [0.29, 0.717) is 11.2 Å². The summed E-state index contributed by atoms with van der Waals surface area (Å²) in [4.78, 5) is 28.9. The standard InChI is InChI=1S/C21H31ClN9O9P/c1-37-9-21(41(34,35)36,10-38-8-14-27-29-30-28-14)39-7-13-15(32)16(33)19(40-13)31-18-12(6-23-31)17(25-20(22)26-18)24-11-4-2-3-5-11/h6,11,13,15-16,19,32-33H,2-5,7-10H2,1H3,(H,24,25,26)(H2,34,35,36)(H,27,28,29,30)/t13-,15-,16-,19-,21?/m1/s1. The minimum atomic E-state index is -5.03. The monoisotopic (exact) mass is 619 g/mol. The van der Waals surface area contributed by atoms with Crippen LogP contribution in [-0.2, 0) is 30.1 Å². The molecular weight excluding hydrogens is 589 g/mol. The molecule has 226 valence electrons. The average molecular weight is 620 g/mol. The number of nitrogens with zero attached hydrogens (tertiary/aromatic N) is 7. The maximum atomic E-state index is 12.5. The molecule has 1 unspecified atom stereocenters. The number of aromatic amines is 1. The largest absolute Gasteiger partial charge is 0.387 e. The van der Waals surface area contributed by atoms with Crippen molar-refractivity contribution in [2.45, 2.75) is 68.2 Å². The molecule has 2 fully saturated rings. The van der Waals surface area contributed by atoms with E-state index in [1.165, 1.54) is 18.0 Å². The highest BCUT2D eigenvalue weighted by molar-refractivity contribution is 7.53. The van der Waals surface area contributed by atoms with Crippen molar-refractivity contribution in [1.82, 2.24) is 40.4 Å². The number of hydrogen-bond donors (Lipinski definition) is 6. The van der Waals surface area contributed by atoms with Crippen molar-refractivity contribution in [2.75, 3.05) is 32.2 Å². The number of methoxy groups -OCH3 is 1. The highest BCUT2D eigenvalue weighted by Gasteiger charge is 2.52. The maximum Gasteiger partial charge on any atom is 0.361 e. The van der Waals surface area contributed by atoms with Gasteiger partial charge in [0.2, 0.25) is 10.6 Å². The summed E-state index contributed by atoms with van der Waals surface area (Å²) in [7, 11) is -3.80. The second kappa shape index (κ2) is 12.5. The lowest BCUT2D eigenvalue weighted by molar-refractivity contribution is -0.135. The lowest BCUT2D eigenvalue weighted by atomic mass is 10.1. The minimum absolute atomic E-state index is 0.0421. The van der Waals surface area contributed by atoms with Crippen LogP contribution >= 0.6 is 19.2 Å². The summed E-state index contributed by atoms with van der Waals surface area (Å²) in [6.07, 6.45) is 0.284.